The fourth-order valence-corrected chi connectivity index (χ4v) is 4.71. The first kappa shape index (κ1) is 27.4. The van der Waals surface area contributed by atoms with Crippen LogP contribution in [0, 0.1) is 29.6 Å². The van der Waals surface area contributed by atoms with Crippen LogP contribution in [0.15, 0.2) is 23.8 Å². The van der Waals surface area contributed by atoms with E-state index in [9.17, 15) is 19.8 Å². The molecule has 0 amide bonds. The van der Waals surface area contributed by atoms with Crippen LogP contribution in [-0.4, -0.2) is 29.3 Å². The number of fused-ring (bicyclic) bond motifs is 1. The molecule has 0 aliphatic heterocycles. The summed E-state index contributed by atoms with van der Waals surface area (Å²) in [6, 6.07) is 0. The maximum Gasteiger partial charge on any atom is 1.00 e. The van der Waals surface area contributed by atoms with Crippen LogP contribution in [0.1, 0.15) is 72.6 Å². The second-order valence-corrected chi connectivity index (χ2v) is 9.09. The molecule has 2 rings (SSSR count). The number of hydrogen-bond donors (Lipinski definition) is 1. The third-order valence-corrected chi connectivity index (χ3v) is 6.60. The Kier molecular flexibility index (Phi) is 11.9. The van der Waals surface area contributed by atoms with Crippen molar-refractivity contribution >= 4 is 11.9 Å². The van der Waals surface area contributed by atoms with Gasteiger partial charge in [-0.2, -0.15) is 0 Å². The van der Waals surface area contributed by atoms with Crippen LogP contribution < -0.4 is 34.7 Å². The Hall–Kier alpha value is -0.620. The Morgan fingerprint density at radius 3 is 2.63 bits per heavy atom. The van der Waals surface area contributed by atoms with Crippen LogP contribution >= 0.6 is 0 Å². The van der Waals surface area contributed by atoms with Crippen LogP contribution in [0.4, 0.5) is 0 Å². The summed E-state index contributed by atoms with van der Waals surface area (Å²) in [6.45, 7) is 8.31. The Balaban J connectivity index is 0.00000450. The normalized spacial score (nSPS) is 29.8. The Labute approximate surface area is 203 Å². The summed E-state index contributed by atoms with van der Waals surface area (Å²) in [6.07, 6.45) is 10.3. The second-order valence-electron chi connectivity index (χ2n) is 9.09. The molecule has 0 spiro atoms. The van der Waals surface area contributed by atoms with Crippen LogP contribution in [-0.2, 0) is 14.3 Å². The van der Waals surface area contributed by atoms with Gasteiger partial charge < -0.3 is 19.7 Å². The van der Waals surface area contributed by atoms with Gasteiger partial charge in [0.1, 0.15) is 6.10 Å². The van der Waals surface area contributed by atoms with Gasteiger partial charge in [0.05, 0.1) is 12.0 Å². The van der Waals surface area contributed by atoms with Crippen molar-refractivity contribution in [2.75, 3.05) is 0 Å². The molecule has 0 aromatic rings. The molecule has 0 aromatic carbocycles. The molecular formula is C24H37NaO5. The largest absolute Gasteiger partial charge is 1.00 e. The predicted molar refractivity (Wildman–Crippen MR) is 111 cm³/mol. The molecule has 0 heterocycles. The third-order valence-electron chi connectivity index (χ3n) is 6.60. The summed E-state index contributed by atoms with van der Waals surface area (Å²) in [5.74, 6) is -0.0186. The molecule has 0 saturated heterocycles. The number of carbonyl (C=O) groups is 2. The van der Waals surface area contributed by atoms with Gasteiger partial charge in [-0.15, -0.1) is 0 Å². The minimum Gasteiger partial charge on any atom is -0.550 e. The topological polar surface area (TPSA) is 86.7 Å². The number of allylic oxidation sites excluding steroid dienone is 3. The fourth-order valence-electron chi connectivity index (χ4n) is 4.71. The van der Waals surface area contributed by atoms with Gasteiger partial charge in [0.15, 0.2) is 0 Å². The zero-order chi connectivity index (χ0) is 21.6. The first-order chi connectivity index (χ1) is 13.7. The van der Waals surface area contributed by atoms with Crippen molar-refractivity contribution in [3.63, 3.8) is 0 Å². The zero-order valence-corrected chi connectivity index (χ0v) is 21.3. The van der Waals surface area contributed by atoms with Crippen molar-refractivity contribution < 1.29 is 54.1 Å². The minimum absolute atomic E-state index is 0. The van der Waals surface area contributed by atoms with E-state index in [0.717, 1.165) is 32.1 Å². The van der Waals surface area contributed by atoms with E-state index in [0.29, 0.717) is 24.2 Å². The van der Waals surface area contributed by atoms with Gasteiger partial charge in [-0.05, 0) is 49.0 Å². The summed E-state index contributed by atoms with van der Waals surface area (Å²) >= 11 is 0. The van der Waals surface area contributed by atoms with E-state index >= 15 is 0 Å². The van der Waals surface area contributed by atoms with E-state index in [-0.39, 0.29) is 59.9 Å². The average Bonchev–Trinajstić information content (AvgIpc) is 2.65. The average molecular weight is 429 g/mol. The molecule has 7 atom stereocenters. The fraction of sp³-hybridized carbons (Fsp3) is 0.750. The van der Waals surface area contributed by atoms with Crippen LogP contribution in [0.3, 0.4) is 0 Å². The van der Waals surface area contributed by atoms with Crippen LogP contribution in [0.25, 0.3) is 0 Å². The molecule has 164 valence electrons. The smallest absolute Gasteiger partial charge is 0.550 e. The molecule has 0 unspecified atom stereocenters. The molecule has 2 aliphatic rings. The number of rotatable bonds is 10. The van der Waals surface area contributed by atoms with Gasteiger partial charge in [0.2, 0.25) is 0 Å². The number of carboxylic acid groups (broad SMARTS) is 1. The van der Waals surface area contributed by atoms with E-state index in [1.807, 2.05) is 13.8 Å². The van der Waals surface area contributed by atoms with Crippen molar-refractivity contribution in [3.8, 4) is 0 Å². The van der Waals surface area contributed by atoms with E-state index in [4.69, 9.17) is 4.74 Å². The van der Waals surface area contributed by atoms with Crippen LogP contribution in [0.2, 0.25) is 0 Å². The van der Waals surface area contributed by atoms with Gasteiger partial charge in [-0.25, -0.2) is 0 Å². The predicted octanol–water partition coefficient (Wildman–Crippen LogP) is 0.414. The van der Waals surface area contributed by atoms with Gasteiger partial charge in [-0.1, -0.05) is 58.8 Å². The number of aliphatic carboxylic acids is 1. The molecule has 0 bridgehead atoms. The Bertz CT molecular complexity index is 629. The number of aliphatic hydroxyl groups excluding tert-OH is 1. The zero-order valence-electron chi connectivity index (χ0n) is 19.3. The van der Waals surface area contributed by atoms with Crippen molar-refractivity contribution in [1.82, 2.24) is 0 Å². The number of ether oxygens (including phenoxy) is 1. The van der Waals surface area contributed by atoms with E-state index in [1.54, 1.807) is 0 Å². The summed E-state index contributed by atoms with van der Waals surface area (Å²) in [5, 5.41) is 20.3. The summed E-state index contributed by atoms with van der Waals surface area (Å²) in [5.41, 5.74) is 1.28. The molecule has 5 nitrogen and oxygen atoms in total. The number of carbonyl (C=O) groups excluding carboxylic acids is 2. The third kappa shape index (κ3) is 7.81. The van der Waals surface area contributed by atoms with Gasteiger partial charge >= 0.3 is 35.5 Å². The summed E-state index contributed by atoms with van der Waals surface area (Å²) in [7, 11) is 0. The molecule has 0 fully saturated rings. The Morgan fingerprint density at radius 1 is 1.30 bits per heavy atom. The van der Waals surface area contributed by atoms with Crippen molar-refractivity contribution in [1.29, 1.82) is 0 Å². The number of esters is 1. The standard InChI is InChI=1S/C24H38O5.Na/c1-5-16(3)24(28)29-21-13-15(2)12-18-11-10-17(4)20(23(18)21)9-7-6-8-19(25)14-22(26)27;/h10-12,15-17,19-21,23,25H,5-9,13-14H2,1-4H3,(H,26,27);/q;+1/p-1/t15-,16-,17-,19+,20-,21-,23-;/m0./s1. The number of carboxylic acids is 1. The van der Waals surface area contributed by atoms with Crippen LogP contribution in [0.5, 0.6) is 0 Å². The molecule has 0 saturated carbocycles. The maximum atomic E-state index is 12.5. The first-order valence-corrected chi connectivity index (χ1v) is 11.2. The SMILES string of the molecule is CC[C@H](C)C(=O)O[C@H]1C[C@@H](C)C=C2C=C[C@H](C)[C@H](CCCC[C@@H](O)CC(=O)[O-])[C@H]21.[Na+]. The maximum absolute atomic E-state index is 12.5. The van der Waals surface area contributed by atoms with Gasteiger partial charge in [0.25, 0.3) is 0 Å². The van der Waals surface area contributed by atoms with Crippen molar-refractivity contribution in [2.45, 2.75) is 84.8 Å². The molecular weight excluding hydrogens is 391 g/mol. The van der Waals surface area contributed by atoms with Crippen molar-refractivity contribution in [3.05, 3.63) is 23.8 Å². The monoisotopic (exact) mass is 428 g/mol. The van der Waals surface area contributed by atoms with E-state index < -0.39 is 12.1 Å². The molecule has 2 aliphatic carbocycles. The van der Waals surface area contributed by atoms with Gasteiger partial charge in [-0.3, -0.25) is 4.79 Å². The van der Waals surface area contributed by atoms with E-state index in [1.165, 1.54) is 5.57 Å². The van der Waals surface area contributed by atoms with Crippen molar-refractivity contribution in [2.24, 2.45) is 29.6 Å². The molecule has 0 radical (unpaired) electrons. The number of hydrogen-bond acceptors (Lipinski definition) is 5. The summed E-state index contributed by atoms with van der Waals surface area (Å²) in [4.78, 5) is 23.1. The van der Waals surface area contributed by atoms with E-state index in [2.05, 4.69) is 32.1 Å². The minimum atomic E-state index is -1.21. The quantitative estimate of drug-likeness (QED) is 0.310. The summed E-state index contributed by atoms with van der Waals surface area (Å²) < 4.78 is 6.02. The molecule has 30 heavy (non-hydrogen) atoms. The molecule has 0 aromatic heterocycles. The second kappa shape index (κ2) is 13.0. The molecule has 1 N–H and O–H groups in total. The van der Waals surface area contributed by atoms with Gasteiger partial charge in [0, 0.05) is 18.3 Å². The first-order valence-electron chi connectivity index (χ1n) is 11.2. The Morgan fingerprint density at radius 2 is 2.00 bits per heavy atom. The number of unbranched alkanes of at least 4 members (excludes halogenated alkanes) is 1. The number of aliphatic hydroxyl groups is 1. The molecule has 6 heteroatoms.